The van der Waals surface area contributed by atoms with Gasteiger partial charge in [0.1, 0.15) is 0 Å². The van der Waals surface area contributed by atoms with Crippen LogP contribution in [0.1, 0.15) is 33.6 Å². The van der Waals surface area contributed by atoms with Crippen LogP contribution in [0.15, 0.2) is 4.36 Å². The van der Waals surface area contributed by atoms with Crippen molar-refractivity contribution in [1.82, 2.24) is 0 Å². The molecule has 0 bridgehead atoms. The number of hydrogen-bond donors (Lipinski definition) is 0. The minimum atomic E-state index is -1.80. The van der Waals surface area contributed by atoms with Crippen molar-refractivity contribution in [1.29, 1.82) is 0 Å². The molecule has 1 rings (SSSR count). The molecule has 1 saturated heterocycles. The van der Waals surface area contributed by atoms with Gasteiger partial charge in [-0.15, -0.1) is 0 Å². The third-order valence-electron chi connectivity index (χ3n) is 3.13. The van der Waals surface area contributed by atoms with Crippen molar-refractivity contribution in [3.8, 4) is 0 Å². The van der Waals surface area contributed by atoms with Crippen LogP contribution in [0.25, 0.3) is 0 Å². The van der Waals surface area contributed by atoms with Gasteiger partial charge in [0.2, 0.25) is 0 Å². The summed E-state index contributed by atoms with van der Waals surface area (Å²) in [5.74, 6) is 2.35. The Balaban J connectivity index is 2.64. The minimum Gasteiger partial charge on any atom is -0.250 e. The van der Waals surface area contributed by atoms with Crippen LogP contribution in [0.3, 0.4) is 0 Å². The first-order valence-corrected chi connectivity index (χ1v) is 6.83. The first kappa shape index (κ1) is 11.0. The number of hydrogen-bond acceptors (Lipinski definition) is 2. The smallest absolute Gasteiger partial charge is 0.0465 e. The summed E-state index contributed by atoms with van der Waals surface area (Å²) >= 11 is 0. The van der Waals surface area contributed by atoms with Crippen LogP contribution in [-0.2, 0) is 9.73 Å². The van der Waals surface area contributed by atoms with E-state index in [1.807, 2.05) is 0 Å². The number of nitrogens with zero attached hydrogens (tertiary/aromatic N) is 1. The topological polar surface area (TPSA) is 29.4 Å². The summed E-state index contributed by atoms with van der Waals surface area (Å²) in [5.41, 5.74) is 0.370. The molecule has 1 aliphatic rings. The van der Waals surface area contributed by atoms with E-state index in [0.29, 0.717) is 5.41 Å². The van der Waals surface area contributed by atoms with Crippen molar-refractivity contribution in [2.75, 3.05) is 18.6 Å². The predicted octanol–water partition coefficient (Wildman–Crippen LogP) is 2.54. The first-order chi connectivity index (χ1) is 5.87. The van der Waals surface area contributed by atoms with Gasteiger partial charge in [0.15, 0.2) is 0 Å². The Hall–Kier alpha value is -0.0500. The Morgan fingerprint density at radius 1 is 1.23 bits per heavy atom. The average molecular weight is 203 g/mol. The van der Waals surface area contributed by atoms with Crippen LogP contribution in [0, 0.1) is 11.3 Å². The average Bonchev–Trinajstić information content (AvgIpc) is 2.04. The van der Waals surface area contributed by atoms with Gasteiger partial charge >= 0.3 is 0 Å². The SMILES string of the molecule is CN=S1(=O)CCC(C(C)(C)C)CC1. The van der Waals surface area contributed by atoms with Gasteiger partial charge in [0, 0.05) is 28.3 Å². The van der Waals surface area contributed by atoms with E-state index < -0.39 is 9.73 Å². The predicted molar refractivity (Wildman–Crippen MR) is 58.4 cm³/mol. The van der Waals surface area contributed by atoms with Gasteiger partial charge in [0.05, 0.1) is 0 Å². The molecule has 2 nitrogen and oxygen atoms in total. The molecular formula is C10H21NOS. The molecule has 0 N–H and O–H groups in total. The van der Waals surface area contributed by atoms with Crippen molar-refractivity contribution >= 4 is 9.73 Å². The lowest BCUT2D eigenvalue weighted by Crippen LogP contribution is -2.31. The van der Waals surface area contributed by atoms with Crippen molar-refractivity contribution in [3.05, 3.63) is 0 Å². The molecule has 0 atom stereocenters. The van der Waals surface area contributed by atoms with Crippen LogP contribution < -0.4 is 0 Å². The summed E-state index contributed by atoms with van der Waals surface area (Å²) in [7, 11) is -0.102. The molecule has 0 aliphatic carbocycles. The highest BCUT2D eigenvalue weighted by atomic mass is 32.2. The molecule has 0 aromatic rings. The zero-order valence-corrected chi connectivity index (χ0v) is 9.99. The van der Waals surface area contributed by atoms with E-state index in [1.54, 1.807) is 7.05 Å². The second-order valence-corrected chi connectivity index (χ2v) is 7.73. The van der Waals surface area contributed by atoms with Gasteiger partial charge in [0.25, 0.3) is 0 Å². The Bertz CT molecular complexity index is 268. The van der Waals surface area contributed by atoms with Crippen molar-refractivity contribution < 1.29 is 4.21 Å². The second kappa shape index (κ2) is 3.60. The van der Waals surface area contributed by atoms with Crippen LogP contribution in [-0.4, -0.2) is 22.8 Å². The molecule has 0 amide bonds. The molecule has 0 spiro atoms. The lowest BCUT2D eigenvalue weighted by Gasteiger charge is -2.34. The molecule has 1 aliphatic heterocycles. The minimum absolute atomic E-state index is 0.370. The fourth-order valence-electron chi connectivity index (χ4n) is 1.95. The molecule has 1 heterocycles. The van der Waals surface area contributed by atoms with Gasteiger partial charge in [-0.3, -0.25) is 0 Å². The molecule has 0 radical (unpaired) electrons. The third kappa shape index (κ3) is 2.70. The Labute approximate surface area is 82.3 Å². The van der Waals surface area contributed by atoms with E-state index in [1.165, 1.54) is 0 Å². The van der Waals surface area contributed by atoms with Crippen LogP contribution in [0.2, 0.25) is 0 Å². The van der Waals surface area contributed by atoms with Gasteiger partial charge in [-0.1, -0.05) is 20.8 Å². The molecule has 0 saturated carbocycles. The fraction of sp³-hybridized carbons (Fsp3) is 1.00. The van der Waals surface area contributed by atoms with Crippen molar-refractivity contribution in [2.24, 2.45) is 15.7 Å². The number of rotatable bonds is 0. The highest BCUT2D eigenvalue weighted by Crippen LogP contribution is 2.35. The summed E-state index contributed by atoms with van der Waals surface area (Å²) in [6.07, 6.45) is 2.17. The highest BCUT2D eigenvalue weighted by molar-refractivity contribution is 7.93. The van der Waals surface area contributed by atoms with E-state index in [-0.39, 0.29) is 0 Å². The zero-order chi connectivity index (χ0) is 10.1. The van der Waals surface area contributed by atoms with Crippen molar-refractivity contribution in [3.63, 3.8) is 0 Å². The molecule has 0 aromatic heterocycles. The summed E-state index contributed by atoms with van der Waals surface area (Å²) < 4.78 is 15.9. The second-order valence-electron chi connectivity index (χ2n) is 5.00. The van der Waals surface area contributed by atoms with Crippen LogP contribution in [0.4, 0.5) is 0 Å². The Morgan fingerprint density at radius 3 is 2.00 bits per heavy atom. The van der Waals surface area contributed by atoms with Crippen molar-refractivity contribution in [2.45, 2.75) is 33.6 Å². The lowest BCUT2D eigenvalue weighted by atomic mass is 9.77. The zero-order valence-electron chi connectivity index (χ0n) is 9.17. The quantitative estimate of drug-likeness (QED) is 0.595. The molecule has 78 valence electrons. The van der Waals surface area contributed by atoms with Gasteiger partial charge in [-0.2, -0.15) is 0 Å². The molecular weight excluding hydrogens is 182 g/mol. The Kier molecular flexibility index (Phi) is 3.05. The molecule has 0 unspecified atom stereocenters. The molecule has 13 heavy (non-hydrogen) atoms. The van der Waals surface area contributed by atoms with Gasteiger partial charge in [-0.05, 0) is 24.2 Å². The largest absolute Gasteiger partial charge is 0.250 e. The summed E-state index contributed by atoms with van der Waals surface area (Å²) in [4.78, 5) is 0. The van der Waals surface area contributed by atoms with E-state index >= 15 is 0 Å². The van der Waals surface area contributed by atoms with E-state index in [9.17, 15) is 4.21 Å². The van der Waals surface area contributed by atoms with Crippen LogP contribution >= 0.6 is 0 Å². The lowest BCUT2D eigenvalue weighted by molar-refractivity contribution is 0.223. The van der Waals surface area contributed by atoms with E-state index in [0.717, 1.165) is 30.3 Å². The molecule has 3 heteroatoms. The Morgan fingerprint density at radius 2 is 1.69 bits per heavy atom. The fourth-order valence-corrected chi connectivity index (χ4v) is 3.82. The molecule has 1 fully saturated rings. The normalized spacial score (nSPS) is 35.8. The van der Waals surface area contributed by atoms with Gasteiger partial charge < -0.3 is 0 Å². The maximum atomic E-state index is 11.9. The summed E-state index contributed by atoms with van der Waals surface area (Å²) in [6, 6.07) is 0. The summed E-state index contributed by atoms with van der Waals surface area (Å²) in [5, 5.41) is 0. The van der Waals surface area contributed by atoms with E-state index in [4.69, 9.17) is 0 Å². The molecule has 0 aromatic carbocycles. The standard InChI is InChI=1S/C10H21NOS/c1-10(2,3)9-5-7-13(12,11-4)8-6-9/h9H,5-8H2,1-4H3. The highest BCUT2D eigenvalue weighted by Gasteiger charge is 2.30. The van der Waals surface area contributed by atoms with Gasteiger partial charge in [-0.25, -0.2) is 8.57 Å². The summed E-state index contributed by atoms with van der Waals surface area (Å²) in [6.45, 7) is 6.82. The van der Waals surface area contributed by atoms with Crippen LogP contribution in [0.5, 0.6) is 0 Å². The monoisotopic (exact) mass is 203 g/mol. The maximum Gasteiger partial charge on any atom is 0.0465 e. The van der Waals surface area contributed by atoms with E-state index in [2.05, 4.69) is 25.1 Å². The first-order valence-electron chi connectivity index (χ1n) is 4.98. The maximum absolute atomic E-state index is 11.9. The third-order valence-corrected chi connectivity index (χ3v) is 5.54.